The van der Waals surface area contributed by atoms with Crippen molar-refractivity contribution in [3.8, 4) is 22.3 Å². The molecule has 0 N–H and O–H groups in total. The third-order valence-electron chi connectivity index (χ3n) is 10.7. The Morgan fingerprint density at radius 3 is 1.70 bits per heavy atom. The second kappa shape index (κ2) is 10.9. The lowest BCUT2D eigenvalue weighted by molar-refractivity contribution is 0.660. The smallest absolute Gasteiger partial charge is 0.0645 e. The minimum atomic E-state index is -0.283. The van der Waals surface area contributed by atoms with Crippen LogP contribution in [-0.4, -0.2) is 0 Å². The lowest BCUT2D eigenvalue weighted by Gasteiger charge is -2.30. The topological polar surface area (TPSA) is 3.24 Å². The lowest BCUT2D eigenvalue weighted by atomic mass is 9.82. The van der Waals surface area contributed by atoms with Gasteiger partial charge in [0.1, 0.15) is 0 Å². The number of hydrogen-bond acceptors (Lipinski definition) is 1. The molecule has 9 aromatic rings. The molecule has 0 radical (unpaired) electrons. The number of fused-ring (bicyclic) bond motifs is 9. The molecule has 0 saturated heterocycles. The summed E-state index contributed by atoms with van der Waals surface area (Å²) in [4.78, 5) is 2.01. The van der Waals surface area contributed by atoms with Crippen molar-refractivity contribution in [3.05, 3.63) is 187 Å². The lowest BCUT2D eigenvalue weighted by Crippen LogP contribution is -2.16. The molecule has 0 unspecified atom stereocenters. The van der Waals surface area contributed by atoms with Crippen LogP contribution in [-0.2, 0) is 5.41 Å². The first kappa shape index (κ1) is 24.9. The van der Waals surface area contributed by atoms with Crippen molar-refractivity contribution in [3.63, 3.8) is 0 Å². The maximum atomic E-state index is 9.88. The number of nitrogens with zero attached hydrogens (tertiary/aromatic N) is 1. The Labute approximate surface area is 298 Å². The first-order chi connectivity index (χ1) is 26.3. The summed E-state index contributed by atoms with van der Waals surface area (Å²) in [6, 6.07) is 51.4. The van der Waals surface area contributed by atoms with Crippen LogP contribution >= 0.6 is 0 Å². The molecule has 9 aromatic carbocycles. The van der Waals surface area contributed by atoms with Gasteiger partial charge >= 0.3 is 0 Å². The molecule has 1 aliphatic carbocycles. The van der Waals surface area contributed by atoms with Gasteiger partial charge in [-0.1, -0.05) is 159 Å². The summed E-state index contributed by atoms with van der Waals surface area (Å²) in [7, 11) is 0. The van der Waals surface area contributed by atoms with Gasteiger partial charge in [-0.05, 0) is 95.8 Å². The van der Waals surface area contributed by atoms with Gasteiger partial charge in [0.15, 0.2) is 0 Å². The molecule has 1 aliphatic rings. The van der Waals surface area contributed by atoms with Crippen LogP contribution in [0, 0.1) is 0 Å². The maximum Gasteiger partial charge on any atom is 0.0645 e. The van der Waals surface area contributed by atoms with E-state index in [2.05, 4.69) is 98.8 Å². The van der Waals surface area contributed by atoms with Crippen molar-refractivity contribution in [1.82, 2.24) is 0 Å². The first-order valence-corrected chi connectivity index (χ1v) is 17.2. The van der Waals surface area contributed by atoms with Gasteiger partial charge in [-0.15, -0.1) is 0 Å². The molecule has 0 spiro atoms. The highest BCUT2D eigenvalue weighted by Gasteiger charge is 2.37. The summed E-state index contributed by atoms with van der Waals surface area (Å²) in [6.45, 7) is 4.49. The second-order valence-electron chi connectivity index (χ2n) is 13.8. The normalized spacial score (nSPS) is 14.3. The highest BCUT2D eigenvalue weighted by molar-refractivity contribution is 6.16. The van der Waals surface area contributed by atoms with Crippen LogP contribution in [0.25, 0.3) is 65.3 Å². The van der Waals surface area contributed by atoms with E-state index in [0.717, 1.165) is 71.2 Å². The quantitative estimate of drug-likeness (QED) is 0.173. The van der Waals surface area contributed by atoms with Gasteiger partial charge in [0.05, 0.1) is 16.9 Å². The Hall–Kier alpha value is -6.18. The molecule has 0 amide bonds. The molecule has 0 aliphatic heterocycles. The predicted molar refractivity (Wildman–Crippen MR) is 214 cm³/mol. The van der Waals surface area contributed by atoms with Crippen molar-refractivity contribution in [2.24, 2.45) is 0 Å². The third-order valence-corrected chi connectivity index (χ3v) is 10.7. The fraction of sp³-hybridized carbons (Fsp3) is 0.0612. The van der Waals surface area contributed by atoms with E-state index in [-0.39, 0.29) is 35.3 Å². The summed E-state index contributed by atoms with van der Waals surface area (Å²) in [5, 5.41) is 8.12. The molecule has 1 heteroatoms. The van der Waals surface area contributed by atoms with Gasteiger partial charge in [0, 0.05) is 22.1 Å². The van der Waals surface area contributed by atoms with Gasteiger partial charge in [0.25, 0.3) is 0 Å². The summed E-state index contributed by atoms with van der Waals surface area (Å²) < 4.78 is 39.2. The van der Waals surface area contributed by atoms with E-state index in [1.165, 1.54) is 5.56 Å². The largest absolute Gasteiger partial charge is 0.309 e. The number of benzene rings is 9. The summed E-state index contributed by atoms with van der Waals surface area (Å²) in [5.74, 6) is 0. The van der Waals surface area contributed by atoms with E-state index in [0.29, 0.717) is 11.1 Å². The van der Waals surface area contributed by atoms with Gasteiger partial charge in [-0.3, -0.25) is 0 Å². The average Bonchev–Trinajstić information content (AvgIpc) is 3.45. The Morgan fingerprint density at radius 2 is 0.980 bits per heavy atom. The van der Waals surface area contributed by atoms with E-state index < -0.39 is 0 Å². The molecule has 0 atom stereocenters. The van der Waals surface area contributed by atoms with Crippen LogP contribution in [0.2, 0.25) is 0 Å². The second-order valence-corrected chi connectivity index (χ2v) is 13.8. The summed E-state index contributed by atoms with van der Waals surface area (Å²) in [5.41, 5.74) is 7.05. The molecule has 0 saturated carbocycles. The van der Waals surface area contributed by atoms with E-state index in [4.69, 9.17) is 0 Å². The average molecular weight is 642 g/mol. The standard InChI is InChI=1S/C49H35N/c1-49(2)44-23-12-11-22-42(44)48-45(49)24-13-25-46(48)50(47-31-34-15-4-6-17-37(34)39-19-9-10-21-41(39)47)35-28-26-32(27-29-35)43-30-33-14-3-5-16-36(33)38-18-7-8-20-40(38)43/h3-31H,1-2H3/i26D,27D,28D,29D. The molecule has 236 valence electrons. The fourth-order valence-electron chi connectivity index (χ4n) is 8.33. The summed E-state index contributed by atoms with van der Waals surface area (Å²) in [6.07, 6.45) is 0. The molecule has 0 bridgehead atoms. The van der Waals surface area contributed by atoms with Gasteiger partial charge in [-0.2, -0.15) is 0 Å². The van der Waals surface area contributed by atoms with Crippen molar-refractivity contribution >= 4 is 60.2 Å². The molecular formula is C49H35N. The van der Waals surface area contributed by atoms with Crippen molar-refractivity contribution < 1.29 is 5.48 Å². The molecule has 10 rings (SSSR count). The number of hydrogen-bond donors (Lipinski definition) is 0. The predicted octanol–water partition coefficient (Wildman–Crippen LogP) is 13.7. The van der Waals surface area contributed by atoms with Gasteiger partial charge in [-0.25, -0.2) is 0 Å². The molecule has 1 nitrogen and oxygen atoms in total. The van der Waals surface area contributed by atoms with Gasteiger partial charge < -0.3 is 4.90 Å². The zero-order valence-electron chi connectivity index (χ0n) is 31.9. The Bertz CT molecular complexity index is 3010. The minimum Gasteiger partial charge on any atom is -0.309 e. The van der Waals surface area contributed by atoms with Crippen LogP contribution in [0.3, 0.4) is 0 Å². The minimum absolute atomic E-state index is 0.0742. The van der Waals surface area contributed by atoms with Crippen LogP contribution in [0.15, 0.2) is 176 Å². The zero-order chi connectivity index (χ0) is 36.9. The van der Waals surface area contributed by atoms with E-state index in [1.807, 2.05) is 71.6 Å². The van der Waals surface area contributed by atoms with Crippen LogP contribution in [0.1, 0.15) is 30.5 Å². The molecular weight excluding hydrogens is 603 g/mol. The van der Waals surface area contributed by atoms with Crippen LogP contribution < -0.4 is 4.90 Å². The number of anilines is 3. The molecule has 50 heavy (non-hydrogen) atoms. The zero-order valence-corrected chi connectivity index (χ0v) is 27.9. The van der Waals surface area contributed by atoms with E-state index in [1.54, 1.807) is 0 Å². The SMILES string of the molecule is [2H]c1c([2H])c(N(c2cccc3c2-c2ccccc2C3(C)C)c2cc3ccccc3c3ccccc23)c([2H])c([2H])c1-c1cc2ccccc2c2ccccc12. The Kier molecular flexibility index (Phi) is 5.43. The monoisotopic (exact) mass is 641 g/mol. The molecule has 0 fully saturated rings. The Balaban J connectivity index is 1.33. The van der Waals surface area contributed by atoms with Crippen molar-refractivity contribution in [2.75, 3.05) is 4.90 Å². The van der Waals surface area contributed by atoms with Crippen molar-refractivity contribution in [2.45, 2.75) is 19.3 Å². The highest BCUT2D eigenvalue weighted by Crippen LogP contribution is 2.55. The molecule has 0 aromatic heterocycles. The van der Waals surface area contributed by atoms with Crippen molar-refractivity contribution in [1.29, 1.82) is 0 Å². The first-order valence-electron chi connectivity index (χ1n) is 19.2. The Morgan fingerprint density at radius 1 is 0.440 bits per heavy atom. The highest BCUT2D eigenvalue weighted by atomic mass is 15.1. The van der Waals surface area contributed by atoms with E-state index >= 15 is 0 Å². The fourth-order valence-corrected chi connectivity index (χ4v) is 8.33. The summed E-state index contributed by atoms with van der Waals surface area (Å²) >= 11 is 0. The van der Waals surface area contributed by atoms with Gasteiger partial charge in [0.2, 0.25) is 0 Å². The molecule has 0 heterocycles. The van der Waals surface area contributed by atoms with Crippen LogP contribution in [0.5, 0.6) is 0 Å². The van der Waals surface area contributed by atoms with E-state index in [9.17, 15) is 5.48 Å². The third kappa shape index (κ3) is 4.20. The van der Waals surface area contributed by atoms with Crippen LogP contribution in [0.4, 0.5) is 17.1 Å². The number of rotatable bonds is 4. The maximum absolute atomic E-state index is 9.88.